The molecule has 2 aromatic carbocycles. The molecule has 0 fully saturated rings. The average molecular weight is 435 g/mol. The Morgan fingerprint density at radius 2 is 1.91 bits per heavy atom. The minimum absolute atomic E-state index is 0.0219. The van der Waals surface area contributed by atoms with Crippen LogP contribution in [0.4, 0.5) is 5.69 Å². The topological polar surface area (TPSA) is 76.7 Å². The summed E-state index contributed by atoms with van der Waals surface area (Å²) in [5.74, 6) is 0.947. The minimum Gasteiger partial charge on any atom is -0.493 e. The summed E-state index contributed by atoms with van der Waals surface area (Å²) in [6.45, 7) is 7.29. The minimum atomic E-state index is -0.393. The summed E-state index contributed by atoms with van der Waals surface area (Å²) >= 11 is 0. The lowest BCUT2D eigenvalue weighted by atomic mass is 9.76. The molecule has 6 heteroatoms. The van der Waals surface area contributed by atoms with Gasteiger partial charge in [0.25, 0.3) is 5.91 Å². The van der Waals surface area contributed by atoms with Gasteiger partial charge in [0.05, 0.1) is 24.4 Å². The first kappa shape index (κ1) is 21.9. The number of amides is 1. The monoisotopic (exact) mass is 434 g/mol. The first-order valence-electron chi connectivity index (χ1n) is 10.9. The quantitative estimate of drug-likeness (QED) is 0.403. The van der Waals surface area contributed by atoms with Gasteiger partial charge < -0.3 is 20.1 Å². The lowest BCUT2D eigenvalue weighted by molar-refractivity contribution is -0.132. The maximum absolute atomic E-state index is 13.1. The second kappa shape index (κ2) is 8.34. The maximum Gasteiger partial charge on any atom is 0.308 e. The Morgan fingerprint density at radius 3 is 2.59 bits per heavy atom. The standard InChI is InChI=1S/C26H30N2O4/c1-15(29)32-21-13-12-16(14-22(21)31-5)23-18-9-6-8-17(18)19-10-7-11-20(24(19)27-23)25(30)28-26(2,3)4/h6-8,10-14,17-18,23,27H,9H2,1-5H3,(H,28,30). The van der Waals surface area contributed by atoms with Crippen molar-refractivity contribution in [3.8, 4) is 11.5 Å². The van der Waals surface area contributed by atoms with Gasteiger partial charge in [-0.1, -0.05) is 30.4 Å². The van der Waals surface area contributed by atoms with Crippen molar-refractivity contribution in [1.82, 2.24) is 5.32 Å². The summed E-state index contributed by atoms with van der Waals surface area (Å²) < 4.78 is 10.8. The number of rotatable bonds is 4. The highest BCUT2D eigenvalue weighted by Crippen LogP contribution is 2.51. The number of hydrogen-bond acceptors (Lipinski definition) is 5. The van der Waals surface area contributed by atoms with E-state index in [9.17, 15) is 9.59 Å². The number of carbonyl (C=O) groups is 2. The molecule has 1 aliphatic heterocycles. The van der Waals surface area contributed by atoms with Gasteiger partial charge in [-0.3, -0.25) is 9.59 Å². The van der Waals surface area contributed by atoms with Gasteiger partial charge in [-0.2, -0.15) is 0 Å². The van der Waals surface area contributed by atoms with E-state index in [1.807, 2.05) is 45.0 Å². The van der Waals surface area contributed by atoms with Gasteiger partial charge >= 0.3 is 5.97 Å². The smallest absolute Gasteiger partial charge is 0.308 e. The summed E-state index contributed by atoms with van der Waals surface area (Å²) in [5, 5.41) is 6.75. The van der Waals surface area contributed by atoms with Crippen LogP contribution in [0.1, 0.15) is 67.6 Å². The number of benzene rings is 2. The zero-order valence-electron chi connectivity index (χ0n) is 19.2. The van der Waals surface area contributed by atoms with Gasteiger partial charge in [0.1, 0.15) is 0 Å². The van der Waals surface area contributed by atoms with Crippen LogP contribution < -0.4 is 20.1 Å². The molecule has 3 atom stereocenters. The number of anilines is 1. The fourth-order valence-corrected chi connectivity index (χ4v) is 4.67. The number of methoxy groups -OCH3 is 1. The predicted octanol–water partition coefficient (Wildman–Crippen LogP) is 4.98. The third-order valence-electron chi connectivity index (χ3n) is 5.93. The Hall–Kier alpha value is -3.28. The van der Waals surface area contributed by atoms with Crippen LogP contribution in [0.5, 0.6) is 11.5 Å². The van der Waals surface area contributed by atoms with Crippen molar-refractivity contribution in [3.63, 3.8) is 0 Å². The Morgan fingerprint density at radius 1 is 1.12 bits per heavy atom. The molecule has 0 aromatic heterocycles. The highest BCUT2D eigenvalue weighted by atomic mass is 16.6. The molecule has 2 aromatic rings. The summed E-state index contributed by atoms with van der Waals surface area (Å²) in [4.78, 5) is 24.5. The molecule has 1 aliphatic carbocycles. The van der Waals surface area contributed by atoms with E-state index in [0.29, 0.717) is 23.0 Å². The van der Waals surface area contributed by atoms with Crippen LogP contribution in [-0.4, -0.2) is 24.5 Å². The Balaban J connectivity index is 1.74. The number of carbonyl (C=O) groups excluding carboxylic acids is 2. The number of para-hydroxylation sites is 1. The number of fused-ring (bicyclic) bond motifs is 3. The van der Waals surface area contributed by atoms with Crippen molar-refractivity contribution in [2.24, 2.45) is 5.92 Å². The second-order valence-corrected chi connectivity index (χ2v) is 9.45. The van der Waals surface area contributed by atoms with E-state index in [0.717, 1.165) is 23.2 Å². The number of esters is 1. The van der Waals surface area contributed by atoms with E-state index in [4.69, 9.17) is 9.47 Å². The fraction of sp³-hybridized carbons (Fsp3) is 0.385. The van der Waals surface area contributed by atoms with Crippen LogP contribution in [0.3, 0.4) is 0 Å². The van der Waals surface area contributed by atoms with Crippen molar-refractivity contribution in [1.29, 1.82) is 0 Å². The van der Waals surface area contributed by atoms with Crippen LogP contribution in [0.15, 0.2) is 48.6 Å². The second-order valence-electron chi connectivity index (χ2n) is 9.45. The van der Waals surface area contributed by atoms with Crippen molar-refractivity contribution in [2.75, 3.05) is 12.4 Å². The largest absolute Gasteiger partial charge is 0.493 e. The van der Waals surface area contributed by atoms with Crippen LogP contribution >= 0.6 is 0 Å². The molecule has 0 spiro atoms. The zero-order valence-corrected chi connectivity index (χ0v) is 19.2. The summed E-state index contributed by atoms with van der Waals surface area (Å²) in [6, 6.07) is 11.5. The van der Waals surface area contributed by atoms with Crippen molar-refractivity contribution < 1.29 is 19.1 Å². The first-order valence-corrected chi connectivity index (χ1v) is 10.9. The van der Waals surface area contributed by atoms with Gasteiger partial charge in [0.15, 0.2) is 11.5 Å². The molecule has 0 saturated carbocycles. The number of nitrogens with one attached hydrogen (secondary N) is 2. The maximum atomic E-state index is 13.1. The van der Waals surface area contributed by atoms with E-state index >= 15 is 0 Å². The molecule has 0 radical (unpaired) electrons. The van der Waals surface area contributed by atoms with Crippen molar-refractivity contribution in [3.05, 3.63) is 65.2 Å². The molecule has 168 valence electrons. The fourth-order valence-electron chi connectivity index (χ4n) is 4.67. The molecule has 1 amide bonds. The van der Waals surface area contributed by atoms with E-state index in [-0.39, 0.29) is 23.4 Å². The first-order chi connectivity index (χ1) is 15.2. The molecule has 0 bridgehead atoms. The van der Waals surface area contributed by atoms with Gasteiger partial charge in [0.2, 0.25) is 0 Å². The lowest BCUT2D eigenvalue weighted by Gasteiger charge is -2.38. The van der Waals surface area contributed by atoms with Crippen LogP contribution in [-0.2, 0) is 4.79 Å². The van der Waals surface area contributed by atoms with Gasteiger partial charge in [-0.05, 0) is 62.4 Å². The average Bonchev–Trinajstić information content (AvgIpc) is 3.21. The van der Waals surface area contributed by atoms with Gasteiger partial charge in [-0.15, -0.1) is 0 Å². The SMILES string of the molecule is COc1cc(C2Nc3c(C(=O)NC(C)(C)C)cccc3C3C=CCC32)ccc1OC(C)=O. The molecule has 0 saturated heterocycles. The van der Waals surface area contributed by atoms with E-state index in [2.05, 4.69) is 28.9 Å². The number of ether oxygens (including phenoxy) is 2. The molecular formula is C26H30N2O4. The Bertz CT molecular complexity index is 1080. The molecule has 32 heavy (non-hydrogen) atoms. The molecule has 3 unspecified atom stereocenters. The third-order valence-corrected chi connectivity index (χ3v) is 5.93. The predicted molar refractivity (Wildman–Crippen MR) is 124 cm³/mol. The van der Waals surface area contributed by atoms with E-state index in [1.165, 1.54) is 6.92 Å². The molecule has 1 heterocycles. The summed E-state index contributed by atoms with van der Waals surface area (Å²) in [6.07, 6.45) is 5.40. The van der Waals surface area contributed by atoms with Gasteiger partial charge in [0, 0.05) is 18.4 Å². The van der Waals surface area contributed by atoms with E-state index < -0.39 is 5.97 Å². The molecule has 4 rings (SSSR count). The number of allylic oxidation sites excluding steroid dienone is 2. The normalized spacial score (nSPS) is 21.2. The highest BCUT2D eigenvalue weighted by Gasteiger charge is 2.39. The lowest BCUT2D eigenvalue weighted by Crippen LogP contribution is -2.41. The van der Waals surface area contributed by atoms with Crippen LogP contribution in [0, 0.1) is 5.92 Å². The van der Waals surface area contributed by atoms with Crippen LogP contribution in [0.2, 0.25) is 0 Å². The number of hydrogen-bond donors (Lipinski definition) is 2. The molecule has 2 N–H and O–H groups in total. The summed E-state index contributed by atoms with van der Waals surface area (Å²) in [5.41, 5.74) is 3.35. The molecule has 2 aliphatic rings. The molecular weight excluding hydrogens is 404 g/mol. The Labute approximate surface area is 189 Å². The van der Waals surface area contributed by atoms with Gasteiger partial charge in [-0.25, -0.2) is 0 Å². The zero-order chi connectivity index (χ0) is 23.0. The highest BCUT2D eigenvalue weighted by molar-refractivity contribution is 6.01. The van der Waals surface area contributed by atoms with Crippen molar-refractivity contribution in [2.45, 2.75) is 51.6 Å². The van der Waals surface area contributed by atoms with Crippen LogP contribution in [0.25, 0.3) is 0 Å². The molecule has 6 nitrogen and oxygen atoms in total. The van der Waals surface area contributed by atoms with Crippen molar-refractivity contribution >= 4 is 17.6 Å². The van der Waals surface area contributed by atoms with E-state index in [1.54, 1.807) is 13.2 Å². The third kappa shape index (κ3) is 4.22. The Kier molecular flexibility index (Phi) is 5.71. The summed E-state index contributed by atoms with van der Waals surface area (Å²) in [7, 11) is 1.56.